The van der Waals surface area contributed by atoms with E-state index >= 15 is 0 Å². The van der Waals surface area contributed by atoms with Crippen molar-refractivity contribution in [2.45, 2.75) is 13.0 Å². The number of amides is 2. The number of likely N-dealkylation sites (N-methyl/N-ethyl adjacent to an activating group) is 1. The van der Waals surface area contributed by atoms with Gasteiger partial charge in [0, 0.05) is 16.4 Å². The molecule has 2 amide bonds. The zero-order chi connectivity index (χ0) is 19.1. The Morgan fingerprint density at radius 2 is 1.58 bits per heavy atom. The molecule has 2 rings (SSSR count). The summed E-state index contributed by atoms with van der Waals surface area (Å²) in [6.07, 6.45) is 0. The van der Waals surface area contributed by atoms with E-state index in [0.29, 0.717) is 22.1 Å². The topological polar surface area (TPSA) is 70.7 Å². The van der Waals surface area contributed by atoms with Crippen LogP contribution in [-0.2, 0) is 9.59 Å². The predicted octanol–water partition coefficient (Wildman–Crippen LogP) is 3.25. The van der Waals surface area contributed by atoms with Crippen LogP contribution in [0.2, 0.25) is 5.02 Å². The summed E-state index contributed by atoms with van der Waals surface area (Å²) in [6.45, 7) is 1.83. The summed E-state index contributed by atoms with van der Waals surface area (Å²) in [5.74, 6) is 0.309. The maximum absolute atomic E-state index is 12.3. The van der Waals surface area contributed by atoms with E-state index in [2.05, 4.69) is 10.6 Å². The van der Waals surface area contributed by atoms with Gasteiger partial charge in [0.25, 0.3) is 0 Å². The summed E-state index contributed by atoms with van der Waals surface area (Å²) in [5.41, 5.74) is 1.32. The van der Waals surface area contributed by atoms with Gasteiger partial charge in [0.05, 0.1) is 19.7 Å². The van der Waals surface area contributed by atoms with Gasteiger partial charge in [-0.2, -0.15) is 0 Å². The van der Waals surface area contributed by atoms with Crippen LogP contribution in [0.3, 0.4) is 0 Å². The minimum atomic E-state index is -0.479. The van der Waals surface area contributed by atoms with E-state index < -0.39 is 6.04 Å². The van der Waals surface area contributed by atoms with Crippen LogP contribution < -0.4 is 15.4 Å². The highest BCUT2D eigenvalue weighted by Crippen LogP contribution is 2.16. The molecule has 1 atom stereocenters. The lowest BCUT2D eigenvalue weighted by molar-refractivity contribution is -0.122. The molecule has 0 unspecified atom stereocenters. The van der Waals surface area contributed by atoms with Crippen LogP contribution >= 0.6 is 11.6 Å². The Kier molecular flexibility index (Phi) is 7.00. The van der Waals surface area contributed by atoms with Gasteiger partial charge in [-0.3, -0.25) is 14.5 Å². The fraction of sp³-hybridized carbons (Fsp3) is 0.263. The molecule has 2 N–H and O–H groups in total. The van der Waals surface area contributed by atoms with Gasteiger partial charge in [0.2, 0.25) is 11.8 Å². The minimum absolute atomic E-state index is 0.0846. The van der Waals surface area contributed by atoms with E-state index in [-0.39, 0.29) is 18.4 Å². The number of carbonyl (C=O) groups is 2. The first-order valence-electron chi connectivity index (χ1n) is 8.09. The van der Waals surface area contributed by atoms with Gasteiger partial charge in [-0.1, -0.05) is 11.6 Å². The van der Waals surface area contributed by atoms with Crippen molar-refractivity contribution >= 4 is 34.8 Å². The first-order valence-corrected chi connectivity index (χ1v) is 8.47. The molecule has 0 saturated heterocycles. The highest BCUT2D eigenvalue weighted by atomic mass is 35.5. The summed E-state index contributed by atoms with van der Waals surface area (Å²) in [7, 11) is 3.30. The minimum Gasteiger partial charge on any atom is -0.497 e. The number of methoxy groups -OCH3 is 1. The Hall–Kier alpha value is -2.57. The molecule has 2 aromatic carbocycles. The van der Waals surface area contributed by atoms with Crippen LogP contribution in [0.5, 0.6) is 5.75 Å². The van der Waals surface area contributed by atoms with Crippen molar-refractivity contribution in [2.24, 2.45) is 0 Å². The van der Waals surface area contributed by atoms with Gasteiger partial charge >= 0.3 is 0 Å². The van der Waals surface area contributed by atoms with Crippen molar-refractivity contribution < 1.29 is 14.3 Å². The van der Waals surface area contributed by atoms with Gasteiger partial charge in [-0.05, 0) is 62.5 Å². The first kappa shape index (κ1) is 19.8. The summed E-state index contributed by atoms with van der Waals surface area (Å²) in [6, 6.07) is 13.4. The quantitative estimate of drug-likeness (QED) is 0.779. The number of carbonyl (C=O) groups excluding carboxylic acids is 2. The van der Waals surface area contributed by atoms with Gasteiger partial charge < -0.3 is 15.4 Å². The predicted molar refractivity (Wildman–Crippen MR) is 104 cm³/mol. The van der Waals surface area contributed by atoms with Crippen LogP contribution in [0.4, 0.5) is 11.4 Å². The molecular weight excluding hydrogens is 354 g/mol. The van der Waals surface area contributed by atoms with E-state index in [1.165, 1.54) is 0 Å². The molecule has 26 heavy (non-hydrogen) atoms. The van der Waals surface area contributed by atoms with Crippen LogP contribution in [0.1, 0.15) is 6.92 Å². The SMILES string of the molecule is COc1ccc(NC(=O)CN(C)[C@H](C)C(=O)Nc2ccc(Cl)cc2)cc1. The number of ether oxygens (including phenoxy) is 1. The highest BCUT2D eigenvalue weighted by molar-refractivity contribution is 6.30. The highest BCUT2D eigenvalue weighted by Gasteiger charge is 2.20. The van der Waals surface area contributed by atoms with Crippen molar-refractivity contribution in [3.63, 3.8) is 0 Å². The average molecular weight is 376 g/mol. The molecule has 0 aliphatic carbocycles. The maximum atomic E-state index is 12.3. The number of rotatable bonds is 7. The number of hydrogen-bond donors (Lipinski definition) is 2. The van der Waals surface area contributed by atoms with Gasteiger partial charge in [0.15, 0.2) is 0 Å². The third-order valence-electron chi connectivity index (χ3n) is 3.92. The van der Waals surface area contributed by atoms with Crippen molar-refractivity contribution in [1.29, 1.82) is 0 Å². The Labute approximate surface area is 158 Å². The molecule has 0 aliphatic rings. The molecule has 0 aliphatic heterocycles. The standard InChI is InChI=1S/C19H22ClN3O3/c1-13(19(25)22-16-6-4-14(20)5-7-16)23(2)12-18(24)21-15-8-10-17(26-3)11-9-15/h4-11,13H,12H2,1-3H3,(H,21,24)(H,22,25)/t13-/m1/s1. The molecule has 0 bridgehead atoms. The number of anilines is 2. The number of nitrogens with one attached hydrogen (secondary N) is 2. The molecule has 6 nitrogen and oxygen atoms in total. The second-order valence-electron chi connectivity index (χ2n) is 5.86. The van der Waals surface area contributed by atoms with Crippen molar-refractivity contribution in [3.05, 3.63) is 53.6 Å². The fourth-order valence-corrected chi connectivity index (χ4v) is 2.34. The van der Waals surface area contributed by atoms with E-state index in [1.54, 1.807) is 74.5 Å². The average Bonchev–Trinajstić information content (AvgIpc) is 2.63. The molecule has 0 heterocycles. The van der Waals surface area contributed by atoms with Crippen LogP contribution in [-0.4, -0.2) is 43.5 Å². The molecule has 0 aromatic heterocycles. The molecule has 2 aromatic rings. The van der Waals surface area contributed by atoms with Crippen LogP contribution in [0, 0.1) is 0 Å². The number of halogens is 1. The smallest absolute Gasteiger partial charge is 0.241 e. The zero-order valence-corrected chi connectivity index (χ0v) is 15.7. The lowest BCUT2D eigenvalue weighted by atomic mass is 10.2. The normalized spacial score (nSPS) is 11.7. The van der Waals surface area contributed by atoms with Crippen molar-refractivity contribution in [1.82, 2.24) is 4.90 Å². The first-order chi connectivity index (χ1) is 12.4. The van der Waals surface area contributed by atoms with Gasteiger partial charge in [0.1, 0.15) is 5.75 Å². The van der Waals surface area contributed by atoms with E-state index in [9.17, 15) is 9.59 Å². The Morgan fingerprint density at radius 1 is 1.04 bits per heavy atom. The van der Waals surface area contributed by atoms with E-state index in [0.717, 1.165) is 0 Å². The van der Waals surface area contributed by atoms with E-state index in [1.807, 2.05) is 0 Å². The Morgan fingerprint density at radius 3 is 2.15 bits per heavy atom. The molecular formula is C19H22ClN3O3. The number of benzene rings is 2. The third kappa shape index (κ3) is 5.75. The number of nitrogens with zero attached hydrogens (tertiary/aromatic N) is 1. The monoisotopic (exact) mass is 375 g/mol. The maximum Gasteiger partial charge on any atom is 0.241 e. The third-order valence-corrected chi connectivity index (χ3v) is 4.17. The molecule has 7 heteroatoms. The molecule has 0 radical (unpaired) electrons. The second-order valence-corrected chi connectivity index (χ2v) is 6.30. The molecule has 0 spiro atoms. The van der Waals surface area contributed by atoms with Crippen LogP contribution in [0.25, 0.3) is 0 Å². The molecule has 0 saturated carbocycles. The van der Waals surface area contributed by atoms with Crippen molar-refractivity contribution in [3.8, 4) is 5.75 Å². The molecule has 0 fully saturated rings. The van der Waals surface area contributed by atoms with E-state index in [4.69, 9.17) is 16.3 Å². The summed E-state index contributed by atoms with van der Waals surface area (Å²) >= 11 is 5.83. The lowest BCUT2D eigenvalue weighted by Gasteiger charge is -2.23. The van der Waals surface area contributed by atoms with Gasteiger partial charge in [-0.15, -0.1) is 0 Å². The fourth-order valence-electron chi connectivity index (χ4n) is 2.22. The summed E-state index contributed by atoms with van der Waals surface area (Å²) in [5, 5.41) is 6.19. The largest absolute Gasteiger partial charge is 0.497 e. The van der Waals surface area contributed by atoms with Crippen molar-refractivity contribution in [2.75, 3.05) is 31.3 Å². The summed E-state index contributed by atoms with van der Waals surface area (Å²) < 4.78 is 5.08. The van der Waals surface area contributed by atoms with Gasteiger partial charge in [-0.25, -0.2) is 0 Å². The Bertz CT molecular complexity index is 748. The lowest BCUT2D eigenvalue weighted by Crippen LogP contribution is -2.43. The zero-order valence-electron chi connectivity index (χ0n) is 15.0. The molecule has 138 valence electrons. The Balaban J connectivity index is 1.86. The number of hydrogen-bond acceptors (Lipinski definition) is 4. The summed E-state index contributed by atoms with van der Waals surface area (Å²) in [4.78, 5) is 26.2. The second kappa shape index (κ2) is 9.22. The van der Waals surface area contributed by atoms with Crippen LogP contribution in [0.15, 0.2) is 48.5 Å².